The van der Waals surface area contributed by atoms with Crippen LogP contribution in [0, 0.1) is 5.92 Å². The van der Waals surface area contributed by atoms with E-state index in [-0.39, 0.29) is 11.2 Å². The monoisotopic (exact) mass is 373 g/mol. The summed E-state index contributed by atoms with van der Waals surface area (Å²) in [6.45, 7) is 3.53. The summed E-state index contributed by atoms with van der Waals surface area (Å²) in [5, 5.41) is 11.6. The van der Waals surface area contributed by atoms with Crippen LogP contribution in [0.3, 0.4) is 0 Å². The molecule has 0 fully saturated rings. The van der Waals surface area contributed by atoms with Gasteiger partial charge in [0.15, 0.2) is 0 Å². The van der Waals surface area contributed by atoms with E-state index in [1.807, 2.05) is 43.3 Å². The van der Waals surface area contributed by atoms with Crippen LogP contribution in [0.4, 0.5) is 5.69 Å². The molecule has 0 spiro atoms. The van der Waals surface area contributed by atoms with Crippen LogP contribution in [0.15, 0.2) is 53.4 Å². The van der Waals surface area contributed by atoms with E-state index in [2.05, 4.69) is 5.32 Å². The number of ether oxygens (including phenoxy) is 1. The van der Waals surface area contributed by atoms with Crippen molar-refractivity contribution in [1.29, 1.82) is 0 Å². The maximum absolute atomic E-state index is 12.4. The van der Waals surface area contributed by atoms with Crippen molar-refractivity contribution in [2.24, 2.45) is 5.92 Å². The van der Waals surface area contributed by atoms with Crippen molar-refractivity contribution in [2.45, 2.75) is 30.4 Å². The van der Waals surface area contributed by atoms with E-state index in [0.29, 0.717) is 12.1 Å². The number of carboxylic acids is 1. The highest BCUT2D eigenvalue weighted by Gasteiger charge is 2.15. The topological polar surface area (TPSA) is 75.6 Å². The van der Waals surface area contributed by atoms with Crippen LogP contribution < -0.4 is 10.1 Å². The second-order valence-electron chi connectivity index (χ2n) is 6.07. The van der Waals surface area contributed by atoms with Crippen LogP contribution >= 0.6 is 11.8 Å². The van der Waals surface area contributed by atoms with E-state index in [1.54, 1.807) is 26.2 Å². The summed E-state index contributed by atoms with van der Waals surface area (Å²) in [5.41, 5.74) is 1.63. The summed E-state index contributed by atoms with van der Waals surface area (Å²) in [5.74, 6) is -0.552. The van der Waals surface area contributed by atoms with Gasteiger partial charge in [-0.15, -0.1) is 11.8 Å². The first kappa shape index (κ1) is 19.8. The Kier molecular flexibility index (Phi) is 7.09. The molecule has 0 aliphatic rings. The molecule has 2 aromatic carbocycles. The van der Waals surface area contributed by atoms with Crippen LogP contribution in [-0.4, -0.2) is 29.3 Å². The molecule has 0 saturated carbocycles. The first-order valence-electron chi connectivity index (χ1n) is 8.32. The van der Waals surface area contributed by atoms with Gasteiger partial charge in [0.25, 0.3) is 0 Å². The molecule has 6 heteroatoms. The number of thioether (sulfide) groups is 1. The number of nitrogens with one attached hydrogen (secondary N) is 1. The minimum absolute atomic E-state index is 0.0857. The number of carbonyl (C=O) groups is 2. The van der Waals surface area contributed by atoms with Gasteiger partial charge in [-0.2, -0.15) is 0 Å². The molecule has 2 atom stereocenters. The smallest absolute Gasteiger partial charge is 0.306 e. The number of carbonyl (C=O) groups excluding carboxylic acids is 1. The number of carboxylic acid groups (broad SMARTS) is 1. The molecule has 0 radical (unpaired) electrons. The molecule has 26 heavy (non-hydrogen) atoms. The molecule has 0 aliphatic heterocycles. The van der Waals surface area contributed by atoms with E-state index in [1.165, 1.54) is 11.8 Å². The average Bonchev–Trinajstić information content (AvgIpc) is 2.63. The first-order valence-corrected chi connectivity index (χ1v) is 9.20. The van der Waals surface area contributed by atoms with Gasteiger partial charge in [-0.1, -0.05) is 19.1 Å². The quantitative estimate of drug-likeness (QED) is 0.682. The lowest BCUT2D eigenvalue weighted by molar-refractivity contribution is -0.141. The maximum Gasteiger partial charge on any atom is 0.306 e. The summed E-state index contributed by atoms with van der Waals surface area (Å²) in [4.78, 5) is 24.3. The maximum atomic E-state index is 12.4. The number of hydrogen-bond donors (Lipinski definition) is 2. The third kappa shape index (κ3) is 5.81. The molecule has 0 bridgehead atoms. The number of rotatable bonds is 8. The lowest BCUT2D eigenvalue weighted by atomic mass is 10.0. The minimum Gasteiger partial charge on any atom is -0.497 e. The normalized spacial score (nSPS) is 12.9. The van der Waals surface area contributed by atoms with Gasteiger partial charge in [0.05, 0.1) is 18.3 Å². The number of benzene rings is 2. The lowest BCUT2D eigenvalue weighted by Gasteiger charge is -2.13. The summed E-state index contributed by atoms with van der Waals surface area (Å²) in [7, 11) is 1.62. The zero-order valence-corrected chi connectivity index (χ0v) is 15.9. The van der Waals surface area contributed by atoms with Crippen molar-refractivity contribution >= 4 is 29.3 Å². The molecule has 0 saturated heterocycles. The Balaban J connectivity index is 1.90. The van der Waals surface area contributed by atoms with Crippen molar-refractivity contribution < 1.29 is 19.4 Å². The zero-order valence-electron chi connectivity index (χ0n) is 15.1. The average molecular weight is 373 g/mol. The van der Waals surface area contributed by atoms with Crippen LogP contribution in [0.1, 0.15) is 19.4 Å². The summed E-state index contributed by atoms with van der Waals surface area (Å²) in [6.07, 6.45) is 0.466. The second kappa shape index (κ2) is 9.29. The van der Waals surface area contributed by atoms with Crippen molar-refractivity contribution in [1.82, 2.24) is 0 Å². The Morgan fingerprint density at radius 3 is 2.23 bits per heavy atom. The van der Waals surface area contributed by atoms with Gasteiger partial charge in [0.1, 0.15) is 5.75 Å². The molecule has 0 aromatic heterocycles. The van der Waals surface area contributed by atoms with Gasteiger partial charge < -0.3 is 15.2 Å². The molecule has 5 nitrogen and oxygen atoms in total. The molecule has 2 rings (SSSR count). The third-order valence-corrected chi connectivity index (χ3v) is 5.04. The van der Waals surface area contributed by atoms with Crippen LogP contribution in [0.5, 0.6) is 5.75 Å². The number of hydrogen-bond acceptors (Lipinski definition) is 4. The number of aliphatic carboxylic acids is 1. The van der Waals surface area contributed by atoms with E-state index in [4.69, 9.17) is 9.84 Å². The van der Waals surface area contributed by atoms with Crippen LogP contribution in [0.25, 0.3) is 0 Å². The van der Waals surface area contributed by atoms with Crippen molar-refractivity contribution in [2.75, 3.05) is 12.4 Å². The fourth-order valence-corrected chi connectivity index (χ4v) is 3.19. The van der Waals surface area contributed by atoms with Crippen LogP contribution in [-0.2, 0) is 16.0 Å². The fourth-order valence-electron chi connectivity index (χ4n) is 2.32. The Labute approximate surface area is 157 Å². The molecule has 138 valence electrons. The summed E-state index contributed by atoms with van der Waals surface area (Å²) in [6, 6.07) is 14.9. The Morgan fingerprint density at radius 1 is 1.08 bits per heavy atom. The predicted octanol–water partition coefficient (Wildman–Crippen LogP) is 4.08. The van der Waals surface area contributed by atoms with Gasteiger partial charge in [-0.3, -0.25) is 9.59 Å². The third-order valence-electron chi connectivity index (χ3n) is 3.93. The fraction of sp³-hybridized carbons (Fsp3) is 0.300. The standard InChI is InChI=1S/C20H23NO4S/c1-13(20(23)24)12-15-4-6-16(7-5-15)21-19(22)14(2)26-18-10-8-17(25-3)9-11-18/h4-11,13-14H,12H2,1-3H3,(H,21,22)(H,23,24). The zero-order chi connectivity index (χ0) is 19.1. The summed E-state index contributed by atoms with van der Waals surface area (Å²) >= 11 is 1.47. The first-order chi connectivity index (χ1) is 12.4. The van der Waals surface area contributed by atoms with Crippen molar-refractivity contribution in [3.63, 3.8) is 0 Å². The number of anilines is 1. The van der Waals surface area contributed by atoms with Crippen LogP contribution in [0.2, 0.25) is 0 Å². The molecule has 1 amide bonds. The Morgan fingerprint density at radius 2 is 1.69 bits per heavy atom. The number of methoxy groups -OCH3 is 1. The highest BCUT2D eigenvalue weighted by molar-refractivity contribution is 8.00. The van der Waals surface area contributed by atoms with Crippen molar-refractivity contribution in [3.8, 4) is 5.75 Å². The molecule has 2 aromatic rings. The van der Waals surface area contributed by atoms with Gasteiger partial charge in [0.2, 0.25) is 5.91 Å². The predicted molar refractivity (Wildman–Crippen MR) is 104 cm³/mol. The van der Waals surface area contributed by atoms with E-state index < -0.39 is 11.9 Å². The summed E-state index contributed by atoms with van der Waals surface area (Å²) < 4.78 is 5.13. The largest absolute Gasteiger partial charge is 0.497 e. The molecular weight excluding hydrogens is 350 g/mol. The minimum atomic E-state index is -0.813. The van der Waals surface area contributed by atoms with E-state index >= 15 is 0 Å². The van der Waals surface area contributed by atoms with E-state index in [9.17, 15) is 9.59 Å². The highest BCUT2D eigenvalue weighted by atomic mass is 32.2. The lowest BCUT2D eigenvalue weighted by Crippen LogP contribution is -2.22. The SMILES string of the molecule is COc1ccc(SC(C)C(=O)Nc2ccc(CC(C)C(=O)O)cc2)cc1. The second-order valence-corrected chi connectivity index (χ2v) is 7.48. The van der Waals surface area contributed by atoms with Gasteiger partial charge in [-0.25, -0.2) is 0 Å². The molecule has 2 N–H and O–H groups in total. The number of amides is 1. The van der Waals surface area contributed by atoms with Gasteiger partial charge >= 0.3 is 5.97 Å². The highest BCUT2D eigenvalue weighted by Crippen LogP contribution is 2.26. The molecule has 0 heterocycles. The molecule has 0 aliphatic carbocycles. The Bertz CT molecular complexity index is 743. The molecular formula is C20H23NO4S. The molecule has 2 unspecified atom stereocenters. The van der Waals surface area contributed by atoms with Gasteiger partial charge in [0, 0.05) is 10.6 Å². The van der Waals surface area contributed by atoms with E-state index in [0.717, 1.165) is 16.2 Å². The van der Waals surface area contributed by atoms with Gasteiger partial charge in [-0.05, 0) is 55.3 Å². The Hall–Kier alpha value is -2.47. The van der Waals surface area contributed by atoms with Crippen molar-refractivity contribution in [3.05, 3.63) is 54.1 Å².